The van der Waals surface area contributed by atoms with Crippen LogP contribution in [0.15, 0.2) is 22.7 Å². The van der Waals surface area contributed by atoms with E-state index in [0.29, 0.717) is 5.92 Å². The number of halogens is 1. The molecule has 0 saturated heterocycles. The number of carbonyl (C=O) groups is 1. The van der Waals surface area contributed by atoms with E-state index < -0.39 is 6.03 Å². The molecule has 2 amide bonds. The van der Waals surface area contributed by atoms with E-state index in [9.17, 15) is 4.79 Å². The molecular weight excluding hydrogens is 244 g/mol. The Morgan fingerprint density at radius 2 is 2.14 bits per heavy atom. The van der Waals surface area contributed by atoms with Crippen molar-refractivity contribution < 1.29 is 4.79 Å². The number of primary amides is 1. The van der Waals surface area contributed by atoms with Gasteiger partial charge < -0.3 is 11.1 Å². The Labute approximate surface area is 91.8 Å². The molecule has 0 aliphatic rings. The SMILES string of the molecule is CC(C)c1cc(Br)ccc1NC(N)=O. The zero-order valence-corrected chi connectivity index (χ0v) is 9.76. The summed E-state index contributed by atoms with van der Waals surface area (Å²) in [6, 6.07) is 5.16. The van der Waals surface area contributed by atoms with Crippen LogP contribution < -0.4 is 11.1 Å². The summed E-state index contributed by atoms with van der Waals surface area (Å²) in [5.41, 5.74) is 6.91. The maximum absolute atomic E-state index is 10.7. The van der Waals surface area contributed by atoms with Gasteiger partial charge in [0.15, 0.2) is 0 Å². The second kappa shape index (κ2) is 4.46. The van der Waals surface area contributed by atoms with E-state index in [1.54, 1.807) is 0 Å². The number of nitrogens with two attached hydrogens (primary N) is 1. The minimum Gasteiger partial charge on any atom is -0.351 e. The summed E-state index contributed by atoms with van der Waals surface area (Å²) in [7, 11) is 0. The van der Waals surface area contributed by atoms with Gasteiger partial charge in [-0.1, -0.05) is 29.8 Å². The first-order valence-electron chi connectivity index (χ1n) is 4.36. The number of hydrogen-bond donors (Lipinski definition) is 2. The molecule has 3 nitrogen and oxygen atoms in total. The van der Waals surface area contributed by atoms with Gasteiger partial charge in [-0.05, 0) is 29.7 Å². The van der Waals surface area contributed by atoms with Crippen LogP contribution in [-0.4, -0.2) is 6.03 Å². The molecule has 3 N–H and O–H groups in total. The molecule has 0 bridgehead atoms. The fourth-order valence-electron chi connectivity index (χ4n) is 1.26. The predicted octanol–water partition coefficient (Wildman–Crippen LogP) is 3.06. The van der Waals surface area contributed by atoms with E-state index in [2.05, 4.69) is 35.1 Å². The summed E-state index contributed by atoms with van der Waals surface area (Å²) >= 11 is 3.39. The predicted molar refractivity (Wildman–Crippen MR) is 61.4 cm³/mol. The average molecular weight is 257 g/mol. The topological polar surface area (TPSA) is 55.1 Å². The number of rotatable bonds is 2. The molecule has 0 aromatic heterocycles. The Bertz CT molecular complexity index is 350. The summed E-state index contributed by atoms with van der Waals surface area (Å²) in [5.74, 6) is 0.342. The van der Waals surface area contributed by atoms with Crippen LogP contribution in [0, 0.1) is 0 Å². The number of hydrogen-bond acceptors (Lipinski definition) is 1. The molecule has 0 heterocycles. The second-order valence-corrected chi connectivity index (χ2v) is 4.29. The van der Waals surface area contributed by atoms with Gasteiger partial charge in [0, 0.05) is 10.2 Å². The minimum atomic E-state index is -0.533. The first kappa shape index (κ1) is 11.0. The van der Waals surface area contributed by atoms with Crippen LogP contribution in [0.4, 0.5) is 10.5 Å². The van der Waals surface area contributed by atoms with Gasteiger partial charge >= 0.3 is 6.03 Å². The maximum atomic E-state index is 10.7. The summed E-state index contributed by atoms with van der Waals surface area (Å²) in [5, 5.41) is 2.60. The zero-order valence-electron chi connectivity index (χ0n) is 8.17. The van der Waals surface area contributed by atoms with Crippen LogP contribution in [0.25, 0.3) is 0 Å². The van der Waals surface area contributed by atoms with Crippen molar-refractivity contribution in [1.82, 2.24) is 0 Å². The number of nitrogens with one attached hydrogen (secondary N) is 1. The van der Waals surface area contributed by atoms with Crippen molar-refractivity contribution in [3.05, 3.63) is 28.2 Å². The van der Waals surface area contributed by atoms with Gasteiger partial charge in [0.1, 0.15) is 0 Å². The van der Waals surface area contributed by atoms with E-state index in [4.69, 9.17) is 5.73 Å². The standard InChI is InChI=1S/C10H13BrN2O/c1-6(2)8-5-7(11)3-4-9(8)13-10(12)14/h3-6H,1-2H3,(H3,12,13,14). The minimum absolute atomic E-state index is 0.342. The molecule has 0 fully saturated rings. The van der Waals surface area contributed by atoms with Gasteiger partial charge in [0.05, 0.1) is 0 Å². The number of carbonyl (C=O) groups excluding carboxylic acids is 1. The molecule has 0 aliphatic carbocycles. The molecule has 14 heavy (non-hydrogen) atoms. The third kappa shape index (κ3) is 2.73. The molecule has 0 atom stereocenters. The summed E-state index contributed by atoms with van der Waals surface area (Å²) in [6.45, 7) is 4.13. The molecule has 0 unspecified atom stereocenters. The van der Waals surface area contributed by atoms with Crippen molar-refractivity contribution in [2.24, 2.45) is 5.73 Å². The van der Waals surface area contributed by atoms with E-state index in [1.807, 2.05) is 18.2 Å². The van der Waals surface area contributed by atoms with Gasteiger partial charge in [-0.2, -0.15) is 0 Å². The Hall–Kier alpha value is -1.03. The molecule has 4 heteroatoms. The van der Waals surface area contributed by atoms with Crippen molar-refractivity contribution in [3.8, 4) is 0 Å². The molecule has 1 aromatic rings. The average Bonchev–Trinajstić information content (AvgIpc) is 2.07. The number of anilines is 1. The van der Waals surface area contributed by atoms with Crippen molar-refractivity contribution >= 4 is 27.6 Å². The highest BCUT2D eigenvalue weighted by Crippen LogP contribution is 2.27. The van der Waals surface area contributed by atoms with E-state index in [0.717, 1.165) is 15.7 Å². The lowest BCUT2D eigenvalue weighted by molar-refractivity contribution is 0.259. The Balaban J connectivity index is 3.08. The van der Waals surface area contributed by atoms with Crippen LogP contribution in [0.3, 0.4) is 0 Å². The van der Waals surface area contributed by atoms with E-state index in [1.165, 1.54) is 0 Å². The van der Waals surface area contributed by atoms with Crippen LogP contribution in [0.5, 0.6) is 0 Å². The largest absolute Gasteiger partial charge is 0.351 e. The van der Waals surface area contributed by atoms with Crippen molar-refractivity contribution in [1.29, 1.82) is 0 Å². The number of urea groups is 1. The van der Waals surface area contributed by atoms with Crippen LogP contribution in [0.1, 0.15) is 25.3 Å². The summed E-state index contributed by atoms with van der Waals surface area (Å²) in [4.78, 5) is 10.7. The first-order valence-corrected chi connectivity index (χ1v) is 5.16. The Morgan fingerprint density at radius 3 is 2.64 bits per heavy atom. The number of benzene rings is 1. The number of amides is 2. The molecule has 76 valence electrons. The molecule has 1 aromatic carbocycles. The lowest BCUT2D eigenvalue weighted by atomic mass is 10.0. The monoisotopic (exact) mass is 256 g/mol. The third-order valence-electron chi connectivity index (χ3n) is 1.89. The van der Waals surface area contributed by atoms with Crippen molar-refractivity contribution in [3.63, 3.8) is 0 Å². The lowest BCUT2D eigenvalue weighted by Gasteiger charge is -2.12. The molecule has 0 aliphatic heterocycles. The highest BCUT2D eigenvalue weighted by atomic mass is 79.9. The van der Waals surface area contributed by atoms with Gasteiger partial charge in [-0.3, -0.25) is 0 Å². The molecule has 0 radical (unpaired) electrons. The smallest absolute Gasteiger partial charge is 0.316 e. The Morgan fingerprint density at radius 1 is 1.50 bits per heavy atom. The Kier molecular flexibility index (Phi) is 3.52. The van der Waals surface area contributed by atoms with Crippen LogP contribution >= 0.6 is 15.9 Å². The van der Waals surface area contributed by atoms with Gasteiger partial charge in [0.25, 0.3) is 0 Å². The highest BCUT2D eigenvalue weighted by Gasteiger charge is 2.08. The van der Waals surface area contributed by atoms with E-state index >= 15 is 0 Å². The molecule has 0 spiro atoms. The maximum Gasteiger partial charge on any atom is 0.316 e. The molecular formula is C10H13BrN2O. The molecule has 1 rings (SSSR count). The normalized spacial score (nSPS) is 10.3. The summed E-state index contributed by atoms with van der Waals surface area (Å²) in [6.07, 6.45) is 0. The summed E-state index contributed by atoms with van der Waals surface area (Å²) < 4.78 is 0.997. The van der Waals surface area contributed by atoms with E-state index in [-0.39, 0.29) is 0 Å². The van der Waals surface area contributed by atoms with Crippen molar-refractivity contribution in [2.45, 2.75) is 19.8 Å². The first-order chi connectivity index (χ1) is 6.50. The fourth-order valence-corrected chi connectivity index (χ4v) is 1.64. The molecule has 0 saturated carbocycles. The fraction of sp³-hybridized carbons (Fsp3) is 0.300. The zero-order chi connectivity index (χ0) is 10.7. The van der Waals surface area contributed by atoms with Crippen LogP contribution in [-0.2, 0) is 0 Å². The second-order valence-electron chi connectivity index (χ2n) is 3.38. The third-order valence-corrected chi connectivity index (χ3v) is 2.39. The highest BCUT2D eigenvalue weighted by molar-refractivity contribution is 9.10. The quantitative estimate of drug-likeness (QED) is 0.840. The lowest BCUT2D eigenvalue weighted by Crippen LogP contribution is -2.20. The van der Waals surface area contributed by atoms with Gasteiger partial charge in [0.2, 0.25) is 0 Å². The van der Waals surface area contributed by atoms with Gasteiger partial charge in [-0.15, -0.1) is 0 Å². The van der Waals surface area contributed by atoms with Crippen molar-refractivity contribution in [2.75, 3.05) is 5.32 Å². The van der Waals surface area contributed by atoms with Gasteiger partial charge in [-0.25, -0.2) is 4.79 Å². The van der Waals surface area contributed by atoms with Crippen LogP contribution in [0.2, 0.25) is 0 Å².